The van der Waals surface area contributed by atoms with Crippen molar-refractivity contribution in [1.82, 2.24) is 9.78 Å². The van der Waals surface area contributed by atoms with Gasteiger partial charge in [0.15, 0.2) is 11.4 Å². The first-order valence-electron chi connectivity index (χ1n) is 12.1. The molecule has 2 aromatic carbocycles. The predicted octanol–water partition coefficient (Wildman–Crippen LogP) is 7.34. The summed E-state index contributed by atoms with van der Waals surface area (Å²) in [4.78, 5) is 11.1. The van der Waals surface area contributed by atoms with Gasteiger partial charge < -0.3 is 14.2 Å². The fourth-order valence-corrected chi connectivity index (χ4v) is 5.00. The Kier molecular flexibility index (Phi) is 9.54. The van der Waals surface area contributed by atoms with Crippen LogP contribution in [0.3, 0.4) is 0 Å². The van der Waals surface area contributed by atoms with Crippen molar-refractivity contribution < 1.29 is 19.1 Å². The van der Waals surface area contributed by atoms with Crippen LogP contribution in [-0.4, -0.2) is 33.8 Å². The highest BCUT2D eigenvalue weighted by atomic mass is 35.5. The minimum Gasteiger partial charge on any atom is -0.489 e. The largest absolute Gasteiger partial charge is 0.489 e. The molecular weight excluding hydrogens is 541 g/mol. The van der Waals surface area contributed by atoms with Crippen LogP contribution in [0.5, 0.6) is 11.5 Å². The van der Waals surface area contributed by atoms with Crippen molar-refractivity contribution >= 4 is 40.5 Å². The van der Waals surface area contributed by atoms with Gasteiger partial charge in [-0.2, -0.15) is 5.10 Å². The minimum atomic E-state index is -0.440. The zero-order chi connectivity index (χ0) is 26.4. The Morgan fingerprint density at radius 1 is 1.19 bits per heavy atom. The molecule has 0 saturated carbocycles. The minimum absolute atomic E-state index is 0.0138. The molecule has 37 heavy (non-hydrogen) atoms. The number of rotatable bonds is 11. The van der Waals surface area contributed by atoms with E-state index in [1.165, 1.54) is 10.9 Å². The van der Waals surface area contributed by atoms with Crippen molar-refractivity contribution in [3.05, 3.63) is 79.6 Å². The summed E-state index contributed by atoms with van der Waals surface area (Å²) < 4.78 is 18.6. The van der Waals surface area contributed by atoms with E-state index in [0.717, 1.165) is 36.8 Å². The molecule has 2 heterocycles. The molecule has 1 fully saturated rings. The summed E-state index contributed by atoms with van der Waals surface area (Å²) >= 11 is 18.4. The molecule has 0 radical (unpaired) electrons. The second kappa shape index (κ2) is 12.8. The molecule has 0 N–H and O–H groups in total. The van der Waals surface area contributed by atoms with Gasteiger partial charge >= 0.3 is 5.69 Å². The molecule has 11 heteroatoms. The van der Waals surface area contributed by atoms with Crippen LogP contribution in [0.15, 0.2) is 42.6 Å². The van der Waals surface area contributed by atoms with Gasteiger partial charge in [0, 0.05) is 6.61 Å². The van der Waals surface area contributed by atoms with Gasteiger partial charge in [-0.1, -0.05) is 42.3 Å². The van der Waals surface area contributed by atoms with Gasteiger partial charge in [-0.05, 0) is 67.0 Å². The summed E-state index contributed by atoms with van der Waals surface area (Å²) in [5.41, 5.74) is 2.29. The predicted molar refractivity (Wildman–Crippen MR) is 143 cm³/mol. The number of halogens is 3. The number of hydrogen-bond acceptors (Lipinski definition) is 6. The lowest BCUT2D eigenvalue weighted by atomic mass is 9.93. The molecule has 1 aromatic heterocycles. The Labute approximate surface area is 230 Å². The number of alkyl halides is 1. The lowest BCUT2D eigenvalue weighted by Gasteiger charge is -2.22. The normalized spacial score (nSPS) is 16.4. The molecule has 1 aliphatic rings. The van der Waals surface area contributed by atoms with E-state index in [9.17, 15) is 10.1 Å². The molecular formula is C26H28Cl3N3O5. The number of nitrogens with zero attached hydrogens (tertiary/aromatic N) is 3. The van der Waals surface area contributed by atoms with E-state index in [4.69, 9.17) is 49.0 Å². The van der Waals surface area contributed by atoms with Gasteiger partial charge in [-0.15, -0.1) is 11.6 Å². The van der Waals surface area contributed by atoms with E-state index in [1.807, 2.05) is 36.4 Å². The van der Waals surface area contributed by atoms with Crippen molar-refractivity contribution in [2.75, 3.05) is 19.1 Å². The summed E-state index contributed by atoms with van der Waals surface area (Å²) in [6.07, 6.45) is 4.65. The topological polar surface area (TPSA) is 88.7 Å². The molecule has 0 bridgehead atoms. The fourth-order valence-electron chi connectivity index (χ4n) is 4.28. The molecule has 1 aliphatic heterocycles. The van der Waals surface area contributed by atoms with Crippen LogP contribution >= 0.6 is 34.8 Å². The first-order valence-corrected chi connectivity index (χ1v) is 13.4. The van der Waals surface area contributed by atoms with Gasteiger partial charge in [0.2, 0.25) is 0 Å². The van der Waals surface area contributed by atoms with E-state index in [1.54, 1.807) is 0 Å². The summed E-state index contributed by atoms with van der Waals surface area (Å²) in [7, 11) is 0. The molecule has 8 nitrogen and oxygen atoms in total. The maximum absolute atomic E-state index is 11.5. The number of nitro groups is 1. The highest BCUT2D eigenvalue weighted by Gasteiger charge is 2.25. The Morgan fingerprint density at radius 2 is 1.92 bits per heavy atom. The maximum atomic E-state index is 11.5. The van der Waals surface area contributed by atoms with Crippen LogP contribution in [0, 0.1) is 10.1 Å². The number of ether oxygens (including phenoxy) is 3. The second-order valence-corrected chi connectivity index (χ2v) is 10.1. The van der Waals surface area contributed by atoms with Gasteiger partial charge in [0.25, 0.3) is 0 Å². The van der Waals surface area contributed by atoms with Crippen molar-refractivity contribution in [2.24, 2.45) is 0 Å². The highest BCUT2D eigenvalue weighted by molar-refractivity contribution is 6.37. The third kappa shape index (κ3) is 7.08. The van der Waals surface area contributed by atoms with E-state index in [-0.39, 0.29) is 30.1 Å². The monoisotopic (exact) mass is 567 g/mol. The van der Waals surface area contributed by atoms with E-state index in [2.05, 4.69) is 12.0 Å². The van der Waals surface area contributed by atoms with Gasteiger partial charge in [0.1, 0.15) is 31.4 Å². The van der Waals surface area contributed by atoms with Gasteiger partial charge in [-0.25, -0.2) is 4.68 Å². The maximum Gasteiger partial charge on any atom is 0.313 e. The highest BCUT2D eigenvalue weighted by Crippen LogP contribution is 2.36. The number of aromatic nitrogens is 2. The Balaban J connectivity index is 1.38. The lowest BCUT2D eigenvalue weighted by Crippen LogP contribution is -2.18. The Morgan fingerprint density at radius 3 is 2.54 bits per heavy atom. The summed E-state index contributed by atoms with van der Waals surface area (Å²) in [5, 5.41) is 16.8. The van der Waals surface area contributed by atoms with Crippen LogP contribution in [0.2, 0.25) is 10.0 Å². The van der Waals surface area contributed by atoms with E-state index >= 15 is 0 Å². The lowest BCUT2D eigenvalue weighted by molar-refractivity contribution is -0.386. The van der Waals surface area contributed by atoms with Gasteiger partial charge in [0.05, 0.1) is 20.8 Å². The standard InChI is InChI=1S/C26H28Cl3N3O5/c1-17(12-18-13-21(28)26(22(29)14-18)36-11-9-27)19-5-7-20(8-6-19)37-16-23-24(32(33)34)15-31(30-23)25-4-2-3-10-35-25/h5-8,13-15,17,25H,2-4,9-12,16H2,1H3. The first kappa shape index (κ1) is 27.5. The second-order valence-electron chi connectivity index (χ2n) is 8.91. The third-order valence-electron chi connectivity index (χ3n) is 6.18. The average molecular weight is 569 g/mol. The summed E-state index contributed by atoms with van der Waals surface area (Å²) in [6, 6.07) is 11.4. The number of benzene rings is 2. The van der Waals surface area contributed by atoms with Crippen molar-refractivity contribution in [3.63, 3.8) is 0 Å². The van der Waals surface area contributed by atoms with E-state index in [0.29, 0.717) is 40.6 Å². The molecule has 4 rings (SSSR count). The molecule has 2 atom stereocenters. The zero-order valence-corrected chi connectivity index (χ0v) is 22.6. The van der Waals surface area contributed by atoms with Crippen LogP contribution in [0.1, 0.15) is 55.2 Å². The molecule has 198 valence electrons. The molecule has 0 aliphatic carbocycles. The fraction of sp³-hybridized carbons (Fsp3) is 0.423. The van der Waals surface area contributed by atoms with E-state index < -0.39 is 4.92 Å². The molecule has 1 saturated heterocycles. The smallest absolute Gasteiger partial charge is 0.313 e. The average Bonchev–Trinajstić information content (AvgIpc) is 3.33. The van der Waals surface area contributed by atoms with Crippen LogP contribution in [0.4, 0.5) is 5.69 Å². The Hall–Kier alpha value is -2.52. The third-order valence-corrected chi connectivity index (χ3v) is 6.90. The van der Waals surface area contributed by atoms with Crippen molar-refractivity contribution in [2.45, 2.75) is 51.4 Å². The Bertz CT molecular complexity index is 1190. The van der Waals surface area contributed by atoms with Crippen LogP contribution < -0.4 is 9.47 Å². The summed E-state index contributed by atoms with van der Waals surface area (Å²) in [5.74, 6) is 1.57. The number of hydrogen-bond donors (Lipinski definition) is 0. The molecule has 3 aromatic rings. The van der Waals surface area contributed by atoms with Crippen LogP contribution in [-0.2, 0) is 17.8 Å². The van der Waals surface area contributed by atoms with Crippen LogP contribution in [0.25, 0.3) is 0 Å². The first-order chi connectivity index (χ1) is 17.9. The van der Waals surface area contributed by atoms with Gasteiger partial charge in [-0.3, -0.25) is 10.1 Å². The quantitative estimate of drug-likeness (QED) is 0.137. The zero-order valence-electron chi connectivity index (χ0n) is 20.4. The molecule has 0 spiro atoms. The SMILES string of the molecule is CC(Cc1cc(Cl)c(OCCCl)c(Cl)c1)c1ccc(OCc2nn(C3CCCCO3)cc2[N+](=O)[O-])cc1. The summed E-state index contributed by atoms with van der Waals surface area (Å²) in [6.45, 7) is 3.05. The molecule has 2 unspecified atom stereocenters. The molecule has 0 amide bonds. The van der Waals surface area contributed by atoms with Crippen molar-refractivity contribution in [1.29, 1.82) is 0 Å². The van der Waals surface area contributed by atoms with Crippen molar-refractivity contribution in [3.8, 4) is 11.5 Å².